The first-order chi connectivity index (χ1) is 14.1. The van der Waals surface area contributed by atoms with Gasteiger partial charge in [0.25, 0.3) is 0 Å². The molecule has 2 heterocycles. The molecule has 1 aromatic rings. The van der Waals surface area contributed by atoms with Gasteiger partial charge >= 0.3 is 12.1 Å². The van der Waals surface area contributed by atoms with E-state index in [0.717, 1.165) is 36.9 Å². The average Bonchev–Trinajstić information content (AvgIpc) is 2.67. The minimum absolute atomic E-state index is 0.164. The van der Waals surface area contributed by atoms with Crippen molar-refractivity contribution in [3.8, 4) is 6.07 Å². The van der Waals surface area contributed by atoms with Crippen molar-refractivity contribution in [1.29, 1.82) is 5.26 Å². The van der Waals surface area contributed by atoms with Crippen molar-refractivity contribution in [3.63, 3.8) is 0 Å². The number of piperazine rings is 1. The van der Waals surface area contributed by atoms with E-state index in [1.165, 1.54) is 0 Å². The van der Waals surface area contributed by atoms with Crippen LogP contribution in [0.4, 0.5) is 18.9 Å². The molecule has 30 heavy (non-hydrogen) atoms. The molecule has 0 bridgehead atoms. The molecule has 3 rings (SSSR count). The quantitative estimate of drug-likeness (QED) is 0.737. The van der Waals surface area contributed by atoms with Gasteiger partial charge in [0, 0.05) is 56.4 Å². The van der Waals surface area contributed by atoms with Gasteiger partial charge in [-0.1, -0.05) is 17.7 Å². The SMILES string of the molecule is N#CC1(CCC(=O)N2CCN(c3cccc(Cl)c3)CC2)CNC1.O=C(O)C(F)(F)F. The molecule has 0 aromatic heterocycles. The molecule has 0 spiro atoms. The molecular formula is C19H22ClF3N4O3. The van der Waals surface area contributed by atoms with Crippen molar-refractivity contribution in [2.24, 2.45) is 5.41 Å². The third-order valence-electron chi connectivity index (χ3n) is 5.03. The number of nitrogens with zero attached hydrogens (tertiary/aromatic N) is 3. The summed E-state index contributed by atoms with van der Waals surface area (Å²) in [5.74, 6) is -2.59. The van der Waals surface area contributed by atoms with Crippen LogP contribution in [0.5, 0.6) is 0 Å². The van der Waals surface area contributed by atoms with Gasteiger partial charge in [-0.05, 0) is 24.6 Å². The predicted octanol–water partition coefficient (Wildman–Crippen LogP) is 2.52. The van der Waals surface area contributed by atoms with Crippen LogP contribution in [0.15, 0.2) is 24.3 Å². The zero-order chi connectivity index (χ0) is 22.4. The number of amides is 1. The van der Waals surface area contributed by atoms with Gasteiger partial charge in [-0.15, -0.1) is 0 Å². The molecule has 1 aromatic carbocycles. The zero-order valence-corrected chi connectivity index (χ0v) is 16.8. The molecule has 0 aliphatic carbocycles. The van der Waals surface area contributed by atoms with Crippen molar-refractivity contribution in [3.05, 3.63) is 29.3 Å². The number of benzene rings is 1. The van der Waals surface area contributed by atoms with Crippen LogP contribution in [0.3, 0.4) is 0 Å². The van der Waals surface area contributed by atoms with Crippen LogP contribution in [0.2, 0.25) is 5.02 Å². The van der Waals surface area contributed by atoms with Gasteiger partial charge in [-0.3, -0.25) is 4.79 Å². The number of hydrogen-bond donors (Lipinski definition) is 2. The molecule has 2 fully saturated rings. The largest absolute Gasteiger partial charge is 0.490 e. The lowest BCUT2D eigenvalue weighted by molar-refractivity contribution is -0.192. The van der Waals surface area contributed by atoms with Crippen molar-refractivity contribution < 1.29 is 27.9 Å². The Morgan fingerprint density at radius 2 is 1.83 bits per heavy atom. The number of carboxylic acid groups (broad SMARTS) is 1. The van der Waals surface area contributed by atoms with E-state index in [9.17, 15) is 23.2 Å². The summed E-state index contributed by atoms with van der Waals surface area (Å²) in [7, 11) is 0. The maximum absolute atomic E-state index is 12.4. The number of nitriles is 1. The van der Waals surface area contributed by atoms with Gasteiger partial charge in [0.2, 0.25) is 5.91 Å². The van der Waals surface area contributed by atoms with E-state index in [-0.39, 0.29) is 11.3 Å². The van der Waals surface area contributed by atoms with Gasteiger partial charge in [0.15, 0.2) is 0 Å². The maximum atomic E-state index is 12.4. The number of carbonyl (C=O) groups is 2. The molecule has 2 aliphatic rings. The number of aliphatic carboxylic acids is 1. The first kappa shape index (κ1) is 23.8. The number of carboxylic acids is 1. The maximum Gasteiger partial charge on any atom is 0.490 e. The molecule has 0 radical (unpaired) electrons. The minimum atomic E-state index is -5.08. The number of alkyl halides is 3. The van der Waals surface area contributed by atoms with E-state index in [1.807, 2.05) is 29.2 Å². The summed E-state index contributed by atoms with van der Waals surface area (Å²) < 4.78 is 31.7. The number of nitrogens with one attached hydrogen (secondary N) is 1. The molecule has 7 nitrogen and oxygen atoms in total. The number of halogens is 4. The van der Waals surface area contributed by atoms with Crippen LogP contribution >= 0.6 is 11.6 Å². The molecule has 2 aliphatic heterocycles. The van der Waals surface area contributed by atoms with E-state index in [4.69, 9.17) is 21.5 Å². The van der Waals surface area contributed by atoms with Gasteiger partial charge in [-0.2, -0.15) is 18.4 Å². The Morgan fingerprint density at radius 3 is 2.27 bits per heavy atom. The topological polar surface area (TPSA) is 96.7 Å². The fourth-order valence-electron chi connectivity index (χ4n) is 3.13. The van der Waals surface area contributed by atoms with Crippen LogP contribution in [-0.4, -0.2) is 67.3 Å². The summed E-state index contributed by atoms with van der Waals surface area (Å²) in [5.41, 5.74) is 0.784. The van der Waals surface area contributed by atoms with Crippen molar-refractivity contribution in [2.75, 3.05) is 44.2 Å². The summed E-state index contributed by atoms with van der Waals surface area (Å²) >= 11 is 6.04. The fraction of sp³-hybridized carbons (Fsp3) is 0.526. The summed E-state index contributed by atoms with van der Waals surface area (Å²) in [5, 5.41) is 20.2. The Hall–Kier alpha value is -2.51. The fourth-order valence-corrected chi connectivity index (χ4v) is 3.31. The normalized spacial score (nSPS) is 17.8. The Labute approximate surface area is 177 Å². The average molecular weight is 447 g/mol. The van der Waals surface area contributed by atoms with Crippen molar-refractivity contribution >= 4 is 29.2 Å². The standard InChI is InChI=1S/C17H21ClN4O.C2HF3O2/c18-14-2-1-3-15(10-14)21-6-8-22(9-7-21)16(23)4-5-17(11-19)12-20-13-17;3-2(4,5)1(6)7/h1-3,10,20H,4-9,12-13H2;(H,6,7). The van der Waals surface area contributed by atoms with E-state index >= 15 is 0 Å². The van der Waals surface area contributed by atoms with E-state index in [1.54, 1.807) is 0 Å². The first-order valence-electron chi connectivity index (χ1n) is 9.27. The van der Waals surface area contributed by atoms with Crippen LogP contribution < -0.4 is 10.2 Å². The molecule has 2 N–H and O–H groups in total. The lowest BCUT2D eigenvalue weighted by Crippen LogP contribution is -2.53. The molecule has 0 unspecified atom stereocenters. The third kappa shape index (κ3) is 6.50. The van der Waals surface area contributed by atoms with Gasteiger partial charge < -0.3 is 20.2 Å². The lowest BCUT2D eigenvalue weighted by Gasteiger charge is -2.38. The second-order valence-corrected chi connectivity index (χ2v) is 7.58. The summed E-state index contributed by atoms with van der Waals surface area (Å²) in [6.07, 6.45) is -3.96. The van der Waals surface area contributed by atoms with E-state index in [2.05, 4.69) is 16.3 Å². The van der Waals surface area contributed by atoms with Crippen molar-refractivity contribution in [2.45, 2.75) is 19.0 Å². The monoisotopic (exact) mass is 446 g/mol. The molecular weight excluding hydrogens is 425 g/mol. The molecule has 164 valence electrons. The Morgan fingerprint density at radius 1 is 1.23 bits per heavy atom. The first-order valence-corrected chi connectivity index (χ1v) is 9.64. The zero-order valence-electron chi connectivity index (χ0n) is 16.1. The molecule has 11 heteroatoms. The third-order valence-corrected chi connectivity index (χ3v) is 5.26. The second kappa shape index (κ2) is 10.00. The van der Waals surface area contributed by atoms with E-state index in [0.29, 0.717) is 25.9 Å². The number of hydrogen-bond acceptors (Lipinski definition) is 5. The Balaban J connectivity index is 0.000000396. The van der Waals surface area contributed by atoms with Crippen LogP contribution in [0.25, 0.3) is 0 Å². The second-order valence-electron chi connectivity index (χ2n) is 7.15. The van der Waals surface area contributed by atoms with Gasteiger partial charge in [0.1, 0.15) is 0 Å². The number of carbonyl (C=O) groups excluding carboxylic acids is 1. The summed E-state index contributed by atoms with van der Waals surface area (Å²) in [6.45, 7) is 4.50. The summed E-state index contributed by atoms with van der Waals surface area (Å²) in [4.78, 5) is 25.4. The number of rotatable bonds is 4. The smallest absolute Gasteiger partial charge is 0.475 e. The lowest BCUT2D eigenvalue weighted by atomic mass is 9.79. The molecule has 1 amide bonds. The highest BCUT2D eigenvalue weighted by Crippen LogP contribution is 2.28. The predicted molar refractivity (Wildman–Crippen MR) is 104 cm³/mol. The van der Waals surface area contributed by atoms with Gasteiger partial charge in [-0.25, -0.2) is 4.79 Å². The van der Waals surface area contributed by atoms with Crippen molar-refractivity contribution in [1.82, 2.24) is 10.2 Å². The molecule has 0 atom stereocenters. The molecule has 0 saturated carbocycles. The Bertz CT molecular complexity index is 801. The molecule has 2 saturated heterocycles. The van der Waals surface area contributed by atoms with Crippen LogP contribution in [-0.2, 0) is 9.59 Å². The highest BCUT2D eigenvalue weighted by atomic mass is 35.5. The van der Waals surface area contributed by atoms with Crippen LogP contribution in [0, 0.1) is 16.7 Å². The minimum Gasteiger partial charge on any atom is -0.475 e. The summed E-state index contributed by atoms with van der Waals surface area (Å²) in [6, 6.07) is 10.2. The Kier molecular flexibility index (Phi) is 7.92. The highest BCUT2D eigenvalue weighted by Gasteiger charge is 2.38. The van der Waals surface area contributed by atoms with E-state index < -0.39 is 12.1 Å². The van der Waals surface area contributed by atoms with Gasteiger partial charge in [0.05, 0.1) is 11.5 Å². The van der Waals surface area contributed by atoms with Crippen LogP contribution in [0.1, 0.15) is 12.8 Å². The number of anilines is 1. The highest BCUT2D eigenvalue weighted by molar-refractivity contribution is 6.30.